The second kappa shape index (κ2) is 7.64. The smallest absolute Gasteiger partial charge is 0.326 e. The molecule has 2 aromatic rings. The van der Waals surface area contributed by atoms with Gasteiger partial charge < -0.3 is 19.7 Å². The van der Waals surface area contributed by atoms with E-state index in [0.717, 1.165) is 12.0 Å². The van der Waals surface area contributed by atoms with Gasteiger partial charge in [-0.25, -0.2) is 4.79 Å². The Bertz CT molecular complexity index is 799. The molecule has 1 aliphatic rings. The van der Waals surface area contributed by atoms with Gasteiger partial charge in [0.25, 0.3) is 5.91 Å². The Morgan fingerprint density at radius 3 is 2.85 bits per heavy atom. The predicted octanol–water partition coefficient (Wildman–Crippen LogP) is 3.21. The Morgan fingerprint density at radius 1 is 1.35 bits per heavy atom. The summed E-state index contributed by atoms with van der Waals surface area (Å²) in [6.45, 7) is 4.58. The fourth-order valence-electron chi connectivity index (χ4n) is 3.48. The van der Waals surface area contributed by atoms with E-state index in [9.17, 15) is 14.7 Å². The zero-order valence-corrected chi connectivity index (χ0v) is 15.1. The van der Waals surface area contributed by atoms with Crippen molar-refractivity contribution in [1.29, 1.82) is 0 Å². The molecule has 0 saturated heterocycles. The number of anilines is 1. The van der Waals surface area contributed by atoms with Crippen molar-refractivity contribution in [3.05, 3.63) is 53.5 Å². The van der Waals surface area contributed by atoms with Crippen molar-refractivity contribution in [1.82, 2.24) is 5.32 Å². The van der Waals surface area contributed by atoms with Gasteiger partial charge in [0.1, 0.15) is 6.04 Å². The first-order chi connectivity index (χ1) is 12.5. The minimum absolute atomic E-state index is 0.184. The molecule has 26 heavy (non-hydrogen) atoms. The Morgan fingerprint density at radius 2 is 2.12 bits per heavy atom. The normalized spacial score (nSPS) is 17.0. The van der Waals surface area contributed by atoms with Crippen LogP contribution in [0.25, 0.3) is 0 Å². The molecular formula is C20H24N2O4. The summed E-state index contributed by atoms with van der Waals surface area (Å²) in [6, 6.07) is 9.44. The van der Waals surface area contributed by atoms with E-state index in [4.69, 9.17) is 4.42 Å². The van der Waals surface area contributed by atoms with E-state index in [2.05, 4.69) is 29.3 Å². The van der Waals surface area contributed by atoms with E-state index in [1.807, 2.05) is 19.1 Å². The maximum atomic E-state index is 12.5. The first-order valence-electron chi connectivity index (χ1n) is 8.95. The van der Waals surface area contributed by atoms with Gasteiger partial charge in [-0.1, -0.05) is 31.5 Å². The quantitative estimate of drug-likeness (QED) is 0.796. The minimum atomic E-state index is -1.03. The maximum Gasteiger partial charge on any atom is 0.326 e. The number of hydrogen-bond donors (Lipinski definition) is 2. The summed E-state index contributed by atoms with van der Waals surface area (Å²) in [5, 5.41) is 11.8. The topological polar surface area (TPSA) is 82.8 Å². The minimum Gasteiger partial charge on any atom is -0.480 e. The van der Waals surface area contributed by atoms with Crippen LogP contribution in [-0.2, 0) is 17.8 Å². The van der Waals surface area contributed by atoms with Gasteiger partial charge in [0, 0.05) is 23.8 Å². The van der Waals surface area contributed by atoms with Crippen molar-refractivity contribution in [2.75, 3.05) is 4.90 Å². The molecule has 2 unspecified atom stereocenters. The summed E-state index contributed by atoms with van der Waals surface area (Å²) in [4.78, 5) is 26.1. The number of amides is 1. The van der Waals surface area contributed by atoms with Crippen LogP contribution in [0.2, 0.25) is 0 Å². The third-order valence-corrected chi connectivity index (χ3v) is 4.82. The molecule has 6 nitrogen and oxygen atoms in total. The van der Waals surface area contributed by atoms with Gasteiger partial charge in [-0.05, 0) is 37.5 Å². The predicted molar refractivity (Wildman–Crippen MR) is 98.3 cm³/mol. The molecule has 3 rings (SSSR count). The molecule has 0 bridgehead atoms. The fourth-order valence-corrected chi connectivity index (χ4v) is 3.48. The number of furan rings is 1. The number of aliphatic carboxylic acids is 1. The zero-order valence-electron chi connectivity index (χ0n) is 15.1. The lowest BCUT2D eigenvalue weighted by Gasteiger charge is -2.24. The molecule has 0 spiro atoms. The highest BCUT2D eigenvalue weighted by molar-refractivity contribution is 5.95. The highest BCUT2D eigenvalue weighted by Crippen LogP contribution is 2.33. The van der Waals surface area contributed by atoms with Crippen LogP contribution in [0.5, 0.6) is 0 Å². The monoisotopic (exact) mass is 356 g/mol. The fraction of sp³-hybridized carbons (Fsp3) is 0.400. The molecule has 2 atom stereocenters. The number of nitrogens with zero attached hydrogens (tertiary/aromatic N) is 1. The van der Waals surface area contributed by atoms with E-state index < -0.39 is 17.9 Å². The molecule has 1 aromatic heterocycles. The number of carbonyl (C=O) groups excluding carboxylic acids is 1. The molecule has 2 heterocycles. The van der Waals surface area contributed by atoms with Gasteiger partial charge in [-0.15, -0.1) is 0 Å². The second-order valence-electron chi connectivity index (χ2n) is 6.74. The van der Waals surface area contributed by atoms with Gasteiger partial charge in [0.05, 0.1) is 6.26 Å². The number of carboxylic acid groups (broad SMARTS) is 1. The summed E-state index contributed by atoms with van der Waals surface area (Å²) in [5.74, 6) is -1.33. The van der Waals surface area contributed by atoms with Gasteiger partial charge in [-0.3, -0.25) is 4.79 Å². The van der Waals surface area contributed by atoms with Gasteiger partial charge in [-0.2, -0.15) is 0 Å². The molecule has 1 amide bonds. The summed E-state index contributed by atoms with van der Waals surface area (Å²) >= 11 is 0. The lowest BCUT2D eigenvalue weighted by atomic mass is 10.1. The second-order valence-corrected chi connectivity index (χ2v) is 6.74. The number of rotatable bonds is 7. The Kier molecular flexibility index (Phi) is 5.30. The first kappa shape index (κ1) is 18.0. The number of hydrogen-bond acceptors (Lipinski definition) is 4. The largest absolute Gasteiger partial charge is 0.480 e. The van der Waals surface area contributed by atoms with Gasteiger partial charge in [0.15, 0.2) is 5.76 Å². The van der Waals surface area contributed by atoms with E-state index in [1.54, 1.807) is 6.07 Å². The summed E-state index contributed by atoms with van der Waals surface area (Å²) in [7, 11) is 0. The van der Waals surface area contributed by atoms with Crippen molar-refractivity contribution in [3.63, 3.8) is 0 Å². The van der Waals surface area contributed by atoms with Crippen LogP contribution < -0.4 is 10.2 Å². The average molecular weight is 356 g/mol. The third kappa shape index (κ3) is 3.59. The number of carbonyl (C=O) groups is 2. The number of benzene rings is 1. The van der Waals surface area contributed by atoms with Crippen LogP contribution in [0.15, 0.2) is 41.0 Å². The van der Waals surface area contributed by atoms with E-state index in [-0.39, 0.29) is 5.76 Å². The molecule has 0 saturated carbocycles. The van der Waals surface area contributed by atoms with Crippen molar-refractivity contribution >= 4 is 17.6 Å². The van der Waals surface area contributed by atoms with Crippen molar-refractivity contribution in [3.8, 4) is 0 Å². The maximum absolute atomic E-state index is 12.5. The molecule has 0 radical (unpaired) electrons. The molecular weight excluding hydrogens is 332 g/mol. The van der Waals surface area contributed by atoms with Crippen molar-refractivity contribution in [2.45, 2.75) is 51.7 Å². The van der Waals surface area contributed by atoms with Crippen LogP contribution in [0, 0.1) is 0 Å². The third-order valence-electron chi connectivity index (χ3n) is 4.82. The van der Waals surface area contributed by atoms with Crippen LogP contribution >= 0.6 is 0 Å². The average Bonchev–Trinajstić information content (AvgIpc) is 3.19. The number of fused-ring (bicyclic) bond motifs is 1. The molecule has 1 aliphatic heterocycles. The lowest BCUT2D eigenvalue weighted by molar-refractivity contribution is -0.139. The Balaban J connectivity index is 1.77. The highest BCUT2D eigenvalue weighted by atomic mass is 16.4. The number of carboxylic acids is 1. The summed E-state index contributed by atoms with van der Waals surface area (Å²) in [6.07, 6.45) is 3.50. The van der Waals surface area contributed by atoms with Crippen molar-refractivity contribution in [2.24, 2.45) is 0 Å². The van der Waals surface area contributed by atoms with E-state index in [1.165, 1.54) is 17.5 Å². The van der Waals surface area contributed by atoms with E-state index in [0.29, 0.717) is 25.4 Å². The van der Waals surface area contributed by atoms with E-state index >= 15 is 0 Å². The molecule has 0 aliphatic carbocycles. The van der Waals surface area contributed by atoms with Gasteiger partial charge in [0.2, 0.25) is 0 Å². The highest BCUT2D eigenvalue weighted by Gasteiger charge is 2.28. The first-order valence-corrected chi connectivity index (χ1v) is 8.95. The molecule has 0 fully saturated rings. The van der Waals surface area contributed by atoms with Crippen LogP contribution in [-0.4, -0.2) is 29.1 Å². The Hall–Kier alpha value is -2.76. The summed E-state index contributed by atoms with van der Waals surface area (Å²) in [5.41, 5.74) is 3.22. The Labute approximate surface area is 152 Å². The van der Waals surface area contributed by atoms with Crippen LogP contribution in [0.4, 0.5) is 5.69 Å². The van der Waals surface area contributed by atoms with Crippen molar-refractivity contribution < 1.29 is 19.1 Å². The molecule has 1 aromatic carbocycles. The van der Waals surface area contributed by atoms with Gasteiger partial charge >= 0.3 is 5.97 Å². The van der Waals surface area contributed by atoms with Crippen LogP contribution in [0.1, 0.15) is 48.4 Å². The number of nitrogens with one attached hydrogen (secondary N) is 1. The molecule has 2 N–H and O–H groups in total. The molecule has 6 heteroatoms. The molecule has 138 valence electrons. The zero-order chi connectivity index (χ0) is 18.7. The summed E-state index contributed by atoms with van der Waals surface area (Å²) < 4.78 is 5.39. The van der Waals surface area contributed by atoms with Crippen LogP contribution in [0.3, 0.4) is 0 Å². The SMILES string of the molecule is CCCC(NC(=O)c1occc1CN1c2ccccc2CC1C)C(=O)O. The standard InChI is InChI=1S/C20H24N2O4/c1-3-6-16(20(24)25)21-19(23)18-15(9-10-26-18)12-22-13(2)11-14-7-4-5-8-17(14)22/h4-5,7-10,13,16H,3,6,11-12H2,1-2H3,(H,21,23)(H,24,25). The number of para-hydroxylation sites is 1. The lowest BCUT2D eigenvalue weighted by Crippen LogP contribution is -2.41.